The Morgan fingerprint density at radius 1 is 0.857 bits per heavy atom. The molecule has 0 spiro atoms. The first kappa shape index (κ1) is 18.9. The van der Waals surface area contributed by atoms with Crippen LogP contribution in [-0.4, -0.2) is 5.91 Å². The van der Waals surface area contributed by atoms with Crippen LogP contribution in [0.3, 0.4) is 0 Å². The Labute approximate surface area is 174 Å². The monoisotopic (exact) mass is 405 g/mol. The summed E-state index contributed by atoms with van der Waals surface area (Å²) in [5.41, 5.74) is 5.35. The Hall–Kier alpha value is -2.49. The van der Waals surface area contributed by atoms with Gasteiger partial charge in [-0.3, -0.25) is 9.69 Å². The summed E-state index contributed by atoms with van der Waals surface area (Å²) in [4.78, 5) is 15.9. The van der Waals surface area contributed by atoms with Crippen LogP contribution >= 0.6 is 23.4 Å². The van der Waals surface area contributed by atoms with Crippen molar-refractivity contribution in [2.24, 2.45) is 0 Å². The van der Waals surface area contributed by atoms with E-state index in [4.69, 9.17) is 11.6 Å². The van der Waals surface area contributed by atoms with E-state index in [1.54, 1.807) is 11.8 Å². The zero-order valence-electron chi connectivity index (χ0n) is 15.7. The van der Waals surface area contributed by atoms with Gasteiger partial charge in [0.1, 0.15) is 5.37 Å². The second kappa shape index (κ2) is 7.86. The molecule has 3 aromatic carbocycles. The van der Waals surface area contributed by atoms with Crippen LogP contribution in [0.1, 0.15) is 27.6 Å². The van der Waals surface area contributed by atoms with Crippen LogP contribution in [-0.2, 0) is 4.79 Å². The second-order valence-corrected chi connectivity index (χ2v) is 8.51. The lowest BCUT2D eigenvalue weighted by atomic mass is 10.1. The van der Waals surface area contributed by atoms with Gasteiger partial charge in [0, 0.05) is 10.7 Å². The maximum Gasteiger partial charge on any atom is 0.266 e. The first-order valence-corrected chi connectivity index (χ1v) is 10.4. The summed E-state index contributed by atoms with van der Waals surface area (Å²) in [6, 6.07) is 24.0. The van der Waals surface area contributed by atoms with Crippen LogP contribution in [0.4, 0.5) is 5.69 Å². The molecule has 0 saturated carbocycles. The van der Waals surface area contributed by atoms with Gasteiger partial charge < -0.3 is 0 Å². The molecule has 140 valence electrons. The molecule has 4 rings (SSSR count). The molecular weight excluding hydrogens is 386 g/mol. The molecule has 0 unspecified atom stereocenters. The molecule has 1 amide bonds. The molecule has 3 aromatic rings. The van der Waals surface area contributed by atoms with Crippen LogP contribution < -0.4 is 4.90 Å². The molecule has 0 N–H and O–H groups in total. The number of thioether (sulfide) groups is 1. The highest BCUT2D eigenvalue weighted by molar-refractivity contribution is 8.05. The summed E-state index contributed by atoms with van der Waals surface area (Å²) in [6.45, 7) is 4.10. The number of anilines is 1. The molecule has 1 aliphatic rings. The van der Waals surface area contributed by atoms with Gasteiger partial charge in [0.25, 0.3) is 5.91 Å². The summed E-state index contributed by atoms with van der Waals surface area (Å²) < 4.78 is 0. The van der Waals surface area contributed by atoms with E-state index in [1.165, 1.54) is 11.1 Å². The van der Waals surface area contributed by atoms with E-state index in [0.29, 0.717) is 5.02 Å². The Kier molecular flexibility index (Phi) is 5.29. The van der Waals surface area contributed by atoms with Gasteiger partial charge in [0.15, 0.2) is 0 Å². The predicted molar refractivity (Wildman–Crippen MR) is 120 cm³/mol. The van der Waals surface area contributed by atoms with Crippen LogP contribution in [0.25, 0.3) is 6.08 Å². The number of benzene rings is 3. The molecule has 0 aromatic heterocycles. The molecule has 0 aliphatic carbocycles. The highest BCUT2D eigenvalue weighted by Gasteiger charge is 2.38. The molecule has 1 fully saturated rings. The van der Waals surface area contributed by atoms with Gasteiger partial charge in [-0.05, 0) is 55.3 Å². The summed E-state index contributed by atoms with van der Waals surface area (Å²) >= 11 is 7.65. The van der Waals surface area contributed by atoms with Crippen molar-refractivity contribution in [3.8, 4) is 0 Å². The van der Waals surface area contributed by atoms with Gasteiger partial charge in [-0.15, -0.1) is 0 Å². The fourth-order valence-electron chi connectivity index (χ4n) is 3.16. The summed E-state index contributed by atoms with van der Waals surface area (Å²) in [7, 11) is 0. The van der Waals surface area contributed by atoms with E-state index in [2.05, 4.69) is 19.1 Å². The van der Waals surface area contributed by atoms with Crippen molar-refractivity contribution in [1.82, 2.24) is 0 Å². The fourth-order valence-corrected chi connectivity index (χ4v) is 4.55. The number of carbonyl (C=O) groups is 1. The van der Waals surface area contributed by atoms with E-state index in [0.717, 1.165) is 21.7 Å². The van der Waals surface area contributed by atoms with Gasteiger partial charge in [-0.25, -0.2) is 0 Å². The lowest BCUT2D eigenvalue weighted by Gasteiger charge is -2.24. The maximum atomic E-state index is 13.3. The summed E-state index contributed by atoms with van der Waals surface area (Å²) in [5, 5.41) is 0.569. The van der Waals surface area contributed by atoms with E-state index < -0.39 is 0 Å². The van der Waals surface area contributed by atoms with Gasteiger partial charge in [0.2, 0.25) is 0 Å². The first-order chi connectivity index (χ1) is 13.5. The Balaban J connectivity index is 1.75. The van der Waals surface area contributed by atoms with Crippen molar-refractivity contribution in [3.63, 3.8) is 0 Å². The van der Waals surface area contributed by atoms with E-state index in [-0.39, 0.29) is 11.3 Å². The van der Waals surface area contributed by atoms with Crippen molar-refractivity contribution in [2.75, 3.05) is 4.90 Å². The number of amides is 1. The largest absolute Gasteiger partial charge is 0.291 e. The van der Waals surface area contributed by atoms with Crippen molar-refractivity contribution in [1.29, 1.82) is 0 Å². The minimum Gasteiger partial charge on any atom is -0.291 e. The van der Waals surface area contributed by atoms with Crippen LogP contribution in [0.15, 0.2) is 77.7 Å². The highest BCUT2D eigenvalue weighted by atomic mass is 35.5. The molecule has 4 heteroatoms. The third-order valence-corrected chi connectivity index (χ3v) is 6.25. The number of carbonyl (C=O) groups excluding carboxylic acids is 1. The Bertz CT molecular complexity index is 1020. The SMILES string of the molecule is Cc1ccc(/C=C2\S[C@H](c3ccc(Cl)cc3)N(c3ccc(C)cc3)C2=O)cc1. The minimum atomic E-state index is -0.121. The molecule has 2 nitrogen and oxygen atoms in total. The van der Waals surface area contributed by atoms with Crippen molar-refractivity contribution < 1.29 is 4.79 Å². The average molecular weight is 406 g/mol. The number of nitrogens with zero attached hydrogens (tertiary/aromatic N) is 1. The van der Waals surface area contributed by atoms with Gasteiger partial charge in [-0.2, -0.15) is 0 Å². The normalized spacial score (nSPS) is 18.1. The van der Waals surface area contributed by atoms with Crippen molar-refractivity contribution in [3.05, 3.63) is 105 Å². The molecule has 1 saturated heterocycles. The Morgan fingerprint density at radius 3 is 2.04 bits per heavy atom. The number of hydrogen-bond donors (Lipinski definition) is 0. The zero-order chi connectivity index (χ0) is 19.7. The standard InChI is InChI=1S/C24H20ClNOS/c1-16-3-7-18(8-4-16)15-22-23(27)26(21-13-5-17(2)6-14-21)24(28-22)19-9-11-20(25)12-10-19/h3-15,24H,1-2H3/b22-15-/t24-/m1/s1. The molecule has 0 bridgehead atoms. The fraction of sp³-hybridized carbons (Fsp3) is 0.125. The topological polar surface area (TPSA) is 20.3 Å². The summed E-state index contributed by atoms with van der Waals surface area (Å²) in [5.74, 6) is 0.0226. The van der Waals surface area contributed by atoms with E-state index in [9.17, 15) is 4.79 Å². The van der Waals surface area contributed by atoms with Gasteiger partial charge in [0.05, 0.1) is 4.91 Å². The quantitative estimate of drug-likeness (QED) is 0.448. The third-order valence-electron chi connectivity index (χ3n) is 4.75. The smallest absolute Gasteiger partial charge is 0.266 e. The van der Waals surface area contributed by atoms with Gasteiger partial charge in [-0.1, -0.05) is 83.0 Å². The lowest BCUT2D eigenvalue weighted by Crippen LogP contribution is -2.27. The van der Waals surface area contributed by atoms with Crippen LogP contribution in [0.2, 0.25) is 5.02 Å². The Morgan fingerprint density at radius 2 is 1.43 bits per heavy atom. The molecule has 28 heavy (non-hydrogen) atoms. The molecule has 0 radical (unpaired) electrons. The zero-order valence-corrected chi connectivity index (χ0v) is 17.3. The third kappa shape index (κ3) is 3.87. The number of rotatable bonds is 3. The van der Waals surface area contributed by atoms with Gasteiger partial charge >= 0.3 is 0 Å². The van der Waals surface area contributed by atoms with E-state index >= 15 is 0 Å². The number of hydrogen-bond acceptors (Lipinski definition) is 2. The second-order valence-electron chi connectivity index (χ2n) is 6.95. The highest BCUT2D eigenvalue weighted by Crippen LogP contribution is 2.48. The van der Waals surface area contributed by atoms with Crippen LogP contribution in [0.5, 0.6) is 0 Å². The first-order valence-electron chi connectivity index (χ1n) is 9.12. The van der Waals surface area contributed by atoms with Crippen molar-refractivity contribution in [2.45, 2.75) is 19.2 Å². The minimum absolute atomic E-state index is 0.0226. The molecule has 1 heterocycles. The number of aryl methyl sites for hydroxylation is 2. The van der Waals surface area contributed by atoms with E-state index in [1.807, 2.05) is 78.6 Å². The molecule has 1 aliphatic heterocycles. The molecular formula is C24H20ClNOS. The number of halogens is 1. The molecule has 1 atom stereocenters. The van der Waals surface area contributed by atoms with Crippen LogP contribution in [0, 0.1) is 13.8 Å². The lowest BCUT2D eigenvalue weighted by molar-refractivity contribution is -0.114. The maximum absolute atomic E-state index is 13.3. The summed E-state index contributed by atoms with van der Waals surface area (Å²) in [6.07, 6.45) is 1.98. The van der Waals surface area contributed by atoms with Crippen molar-refractivity contribution >= 4 is 41.0 Å². The predicted octanol–water partition coefficient (Wildman–Crippen LogP) is 6.78. The average Bonchev–Trinajstić information content (AvgIpc) is 3.01.